The van der Waals surface area contributed by atoms with Crippen molar-refractivity contribution >= 4 is 5.97 Å². The van der Waals surface area contributed by atoms with Crippen LogP contribution >= 0.6 is 0 Å². The molecule has 0 bridgehead atoms. The molecule has 0 N–H and O–H groups in total. The first kappa shape index (κ1) is 13.8. The maximum atomic E-state index is 11.8. The molecule has 100 valence electrons. The van der Waals surface area contributed by atoms with Gasteiger partial charge in [-0.15, -0.1) is 0 Å². The summed E-state index contributed by atoms with van der Waals surface area (Å²) in [4.78, 5) is 11.8. The molecule has 0 amide bonds. The Balaban J connectivity index is 1.84. The first-order valence-electron chi connectivity index (χ1n) is 6.46. The normalized spacial score (nSPS) is 9.75. The van der Waals surface area contributed by atoms with Gasteiger partial charge in [0, 0.05) is 6.42 Å². The van der Waals surface area contributed by atoms with E-state index in [1.165, 1.54) is 0 Å². The van der Waals surface area contributed by atoms with Crippen LogP contribution in [0.2, 0.25) is 0 Å². The zero-order valence-corrected chi connectivity index (χ0v) is 11.1. The van der Waals surface area contributed by atoms with Gasteiger partial charge in [0.2, 0.25) is 0 Å². The van der Waals surface area contributed by atoms with Crippen LogP contribution in [0, 0.1) is 11.3 Å². The largest absolute Gasteiger partial charge is 0.462 e. The molecule has 0 atom stereocenters. The average Bonchev–Trinajstić information content (AvgIpc) is 2.49. The molecule has 0 saturated carbocycles. The van der Waals surface area contributed by atoms with E-state index >= 15 is 0 Å². The van der Waals surface area contributed by atoms with Gasteiger partial charge in [-0.05, 0) is 23.3 Å². The van der Waals surface area contributed by atoms with E-state index < -0.39 is 0 Å². The monoisotopic (exact) mass is 265 g/mol. The number of hydrogen-bond acceptors (Lipinski definition) is 3. The highest BCUT2D eigenvalue weighted by atomic mass is 16.5. The third-order valence-electron chi connectivity index (χ3n) is 2.94. The Morgan fingerprint density at radius 1 is 1.00 bits per heavy atom. The molecule has 2 aromatic rings. The fourth-order valence-corrected chi connectivity index (χ4v) is 1.84. The van der Waals surface area contributed by atoms with Gasteiger partial charge in [-0.3, -0.25) is 0 Å². The first-order valence-corrected chi connectivity index (χ1v) is 6.46. The Morgan fingerprint density at radius 3 is 2.35 bits per heavy atom. The van der Waals surface area contributed by atoms with E-state index in [-0.39, 0.29) is 5.97 Å². The fraction of sp³-hybridized carbons (Fsp3) is 0.176. The van der Waals surface area contributed by atoms with Crippen molar-refractivity contribution < 1.29 is 9.53 Å². The van der Waals surface area contributed by atoms with Crippen molar-refractivity contribution in [2.45, 2.75) is 12.8 Å². The lowest BCUT2D eigenvalue weighted by molar-refractivity contribution is 0.0509. The lowest BCUT2D eigenvalue weighted by Crippen LogP contribution is -2.08. The summed E-state index contributed by atoms with van der Waals surface area (Å²) < 4.78 is 5.23. The summed E-state index contributed by atoms with van der Waals surface area (Å²) >= 11 is 0. The van der Waals surface area contributed by atoms with Crippen LogP contribution in [0.25, 0.3) is 0 Å². The predicted octanol–water partition coefficient (Wildman–Crippen LogP) is 3.15. The second-order valence-corrected chi connectivity index (χ2v) is 4.40. The third kappa shape index (κ3) is 3.96. The third-order valence-corrected chi connectivity index (χ3v) is 2.94. The van der Waals surface area contributed by atoms with Gasteiger partial charge >= 0.3 is 5.97 Å². The molecule has 20 heavy (non-hydrogen) atoms. The summed E-state index contributed by atoms with van der Waals surface area (Å²) in [7, 11) is 0. The number of hydrogen-bond donors (Lipinski definition) is 0. The molecule has 0 aliphatic carbocycles. The molecule has 0 aliphatic rings. The van der Waals surface area contributed by atoms with Gasteiger partial charge in [0.15, 0.2) is 0 Å². The Labute approximate surface area is 118 Å². The van der Waals surface area contributed by atoms with Crippen molar-refractivity contribution in [1.29, 1.82) is 5.26 Å². The minimum absolute atomic E-state index is 0.329. The van der Waals surface area contributed by atoms with Crippen LogP contribution in [0.15, 0.2) is 54.6 Å². The molecule has 2 aromatic carbocycles. The van der Waals surface area contributed by atoms with Crippen LogP contribution in [0.1, 0.15) is 21.5 Å². The van der Waals surface area contributed by atoms with Crippen LogP contribution in [-0.2, 0) is 17.6 Å². The predicted molar refractivity (Wildman–Crippen MR) is 76.2 cm³/mol. The molecule has 0 heterocycles. The van der Waals surface area contributed by atoms with E-state index in [2.05, 4.69) is 6.07 Å². The van der Waals surface area contributed by atoms with E-state index in [1.54, 1.807) is 24.3 Å². The zero-order chi connectivity index (χ0) is 14.2. The van der Waals surface area contributed by atoms with E-state index in [4.69, 9.17) is 10.00 Å². The highest BCUT2D eigenvalue weighted by molar-refractivity contribution is 5.89. The van der Waals surface area contributed by atoms with Crippen LogP contribution in [0.5, 0.6) is 0 Å². The molecule has 0 radical (unpaired) electrons. The van der Waals surface area contributed by atoms with E-state index in [0.717, 1.165) is 11.1 Å². The standard InChI is InChI=1S/C17H15NO2/c18-12-10-15-6-8-16(9-7-15)17(19)20-13-11-14-4-2-1-3-5-14/h1-9H,10-11,13H2. The van der Waals surface area contributed by atoms with E-state index in [9.17, 15) is 4.79 Å². The summed E-state index contributed by atoms with van der Waals surface area (Å²) in [6.45, 7) is 0.364. The summed E-state index contributed by atoms with van der Waals surface area (Å²) in [5, 5.41) is 8.58. The lowest BCUT2D eigenvalue weighted by atomic mass is 10.1. The lowest BCUT2D eigenvalue weighted by Gasteiger charge is -2.05. The summed E-state index contributed by atoms with van der Waals surface area (Å²) in [6.07, 6.45) is 1.06. The zero-order valence-electron chi connectivity index (χ0n) is 11.1. The number of carbonyl (C=O) groups is 1. The highest BCUT2D eigenvalue weighted by Crippen LogP contribution is 2.07. The van der Waals surface area contributed by atoms with Gasteiger partial charge in [0.05, 0.1) is 24.7 Å². The van der Waals surface area contributed by atoms with Crippen molar-refractivity contribution in [2.24, 2.45) is 0 Å². The van der Waals surface area contributed by atoms with Gasteiger partial charge in [-0.25, -0.2) is 4.79 Å². The number of esters is 1. The van der Waals surface area contributed by atoms with Gasteiger partial charge < -0.3 is 4.74 Å². The Bertz CT molecular complexity index is 597. The van der Waals surface area contributed by atoms with E-state index in [0.29, 0.717) is 25.0 Å². The Hall–Kier alpha value is -2.60. The molecule has 0 aliphatic heterocycles. The van der Waals surface area contributed by atoms with Crippen molar-refractivity contribution in [1.82, 2.24) is 0 Å². The van der Waals surface area contributed by atoms with Crippen LogP contribution in [0.4, 0.5) is 0 Å². The van der Waals surface area contributed by atoms with Crippen LogP contribution in [-0.4, -0.2) is 12.6 Å². The smallest absolute Gasteiger partial charge is 0.338 e. The van der Waals surface area contributed by atoms with Crippen LogP contribution in [0.3, 0.4) is 0 Å². The second kappa shape index (κ2) is 7.10. The highest BCUT2D eigenvalue weighted by Gasteiger charge is 2.06. The number of rotatable bonds is 5. The minimum Gasteiger partial charge on any atom is -0.462 e. The molecule has 3 nitrogen and oxygen atoms in total. The quantitative estimate of drug-likeness (QED) is 0.780. The molecule has 3 heteroatoms. The average molecular weight is 265 g/mol. The maximum absolute atomic E-state index is 11.8. The van der Waals surface area contributed by atoms with Crippen LogP contribution < -0.4 is 0 Å². The summed E-state index contributed by atoms with van der Waals surface area (Å²) in [5.41, 5.74) is 2.55. The maximum Gasteiger partial charge on any atom is 0.338 e. The van der Waals surface area contributed by atoms with Crippen molar-refractivity contribution in [3.8, 4) is 6.07 Å². The first-order chi connectivity index (χ1) is 9.79. The number of carbonyl (C=O) groups excluding carboxylic acids is 1. The van der Waals surface area contributed by atoms with Gasteiger partial charge in [-0.1, -0.05) is 42.5 Å². The molecule has 0 spiro atoms. The molecule has 0 unspecified atom stereocenters. The Morgan fingerprint density at radius 2 is 1.70 bits per heavy atom. The van der Waals surface area contributed by atoms with Crippen molar-refractivity contribution in [2.75, 3.05) is 6.61 Å². The molecule has 0 saturated heterocycles. The van der Waals surface area contributed by atoms with Crippen molar-refractivity contribution in [3.05, 3.63) is 71.3 Å². The number of ether oxygens (including phenoxy) is 1. The van der Waals surface area contributed by atoms with Gasteiger partial charge in [-0.2, -0.15) is 5.26 Å². The molecule has 0 fully saturated rings. The summed E-state index contributed by atoms with van der Waals surface area (Å²) in [5.74, 6) is -0.329. The molecule has 0 aromatic heterocycles. The SMILES string of the molecule is N#CCc1ccc(C(=O)OCCc2ccccc2)cc1. The number of nitriles is 1. The summed E-state index contributed by atoms with van der Waals surface area (Å²) in [6, 6.07) is 18.9. The minimum atomic E-state index is -0.329. The number of benzene rings is 2. The van der Waals surface area contributed by atoms with Crippen molar-refractivity contribution in [3.63, 3.8) is 0 Å². The topological polar surface area (TPSA) is 50.1 Å². The molecule has 2 rings (SSSR count). The number of nitrogens with zero attached hydrogens (tertiary/aromatic N) is 1. The van der Waals surface area contributed by atoms with E-state index in [1.807, 2.05) is 30.3 Å². The second-order valence-electron chi connectivity index (χ2n) is 4.40. The van der Waals surface area contributed by atoms with Gasteiger partial charge in [0.25, 0.3) is 0 Å². The van der Waals surface area contributed by atoms with Gasteiger partial charge in [0.1, 0.15) is 0 Å². The fourth-order valence-electron chi connectivity index (χ4n) is 1.84. The Kier molecular flexibility index (Phi) is 4.91. The molecular weight excluding hydrogens is 250 g/mol. The molecular formula is C17H15NO2.